The average molecular weight is 160 g/mol. The Balaban J connectivity index is 3.55. The predicted molar refractivity (Wildman–Crippen MR) is 46.4 cm³/mol. The standard InChI is InChI=1S/C9H20O2/c1-4-5-6-7-9(3,11)8(2)10/h8,10-11H,4-7H2,1-3H3. The van der Waals surface area contributed by atoms with E-state index >= 15 is 0 Å². The van der Waals surface area contributed by atoms with Crippen LogP contribution >= 0.6 is 0 Å². The lowest BCUT2D eigenvalue weighted by atomic mass is 9.93. The van der Waals surface area contributed by atoms with E-state index in [2.05, 4.69) is 6.92 Å². The Morgan fingerprint density at radius 1 is 1.36 bits per heavy atom. The van der Waals surface area contributed by atoms with Crippen molar-refractivity contribution in [3.8, 4) is 0 Å². The summed E-state index contributed by atoms with van der Waals surface area (Å²) in [6.07, 6.45) is 3.34. The van der Waals surface area contributed by atoms with Gasteiger partial charge in [0.1, 0.15) is 0 Å². The van der Waals surface area contributed by atoms with Crippen molar-refractivity contribution in [3.05, 3.63) is 0 Å². The van der Waals surface area contributed by atoms with E-state index in [0.717, 1.165) is 19.3 Å². The molecule has 68 valence electrons. The van der Waals surface area contributed by atoms with Crippen molar-refractivity contribution in [2.75, 3.05) is 0 Å². The second kappa shape index (κ2) is 4.73. The molecule has 2 unspecified atom stereocenters. The summed E-state index contributed by atoms with van der Waals surface area (Å²) in [4.78, 5) is 0. The molecule has 2 heteroatoms. The lowest BCUT2D eigenvalue weighted by molar-refractivity contribution is -0.0587. The van der Waals surface area contributed by atoms with Crippen molar-refractivity contribution >= 4 is 0 Å². The minimum atomic E-state index is -0.894. The maximum absolute atomic E-state index is 9.57. The summed E-state index contributed by atoms with van der Waals surface area (Å²) in [5.74, 6) is 0. The molecule has 0 saturated carbocycles. The summed E-state index contributed by atoms with van der Waals surface area (Å²) >= 11 is 0. The maximum atomic E-state index is 9.57. The van der Waals surface area contributed by atoms with Crippen LogP contribution in [-0.4, -0.2) is 21.9 Å². The first kappa shape index (κ1) is 10.9. The van der Waals surface area contributed by atoms with E-state index in [1.165, 1.54) is 0 Å². The summed E-state index contributed by atoms with van der Waals surface area (Å²) in [7, 11) is 0. The van der Waals surface area contributed by atoms with Gasteiger partial charge in [-0.15, -0.1) is 0 Å². The normalized spacial score (nSPS) is 19.4. The molecule has 0 aliphatic carbocycles. The van der Waals surface area contributed by atoms with Gasteiger partial charge in [0.15, 0.2) is 0 Å². The largest absolute Gasteiger partial charge is 0.390 e. The van der Waals surface area contributed by atoms with Crippen molar-refractivity contribution in [1.82, 2.24) is 0 Å². The maximum Gasteiger partial charge on any atom is 0.0874 e. The van der Waals surface area contributed by atoms with Gasteiger partial charge in [-0.2, -0.15) is 0 Å². The molecule has 2 atom stereocenters. The average Bonchev–Trinajstić information content (AvgIpc) is 1.88. The first-order valence-electron chi connectivity index (χ1n) is 4.41. The molecule has 11 heavy (non-hydrogen) atoms. The molecule has 0 saturated heterocycles. The molecule has 0 aromatic rings. The van der Waals surface area contributed by atoms with Crippen LogP contribution in [0.25, 0.3) is 0 Å². The van der Waals surface area contributed by atoms with Crippen LogP contribution in [-0.2, 0) is 0 Å². The molecule has 0 heterocycles. The Morgan fingerprint density at radius 2 is 1.91 bits per heavy atom. The molecular weight excluding hydrogens is 140 g/mol. The zero-order valence-electron chi connectivity index (χ0n) is 7.80. The van der Waals surface area contributed by atoms with Crippen LogP contribution < -0.4 is 0 Å². The van der Waals surface area contributed by atoms with Gasteiger partial charge in [-0.3, -0.25) is 0 Å². The molecule has 0 aromatic carbocycles. The van der Waals surface area contributed by atoms with Gasteiger partial charge in [-0.1, -0.05) is 26.2 Å². The van der Waals surface area contributed by atoms with Gasteiger partial charge in [0.25, 0.3) is 0 Å². The number of aliphatic hydroxyl groups is 2. The number of rotatable bonds is 5. The first-order valence-corrected chi connectivity index (χ1v) is 4.41. The van der Waals surface area contributed by atoms with Crippen LogP contribution in [0.4, 0.5) is 0 Å². The van der Waals surface area contributed by atoms with Crippen LogP contribution in [0.1, 0.15) is 46.5 Å². The van der Waals surface area contributed by atoms with Gasteiger partial charge in [0.05, 0.1) is 11.7 Å². The van der Waals surface area contributed by atoms with Crippen molar-refractivity contribution in [3.63, 3.8) is 0 Å². The Kier molecular flexibility index (Phi) is 4.69. The third kappa shape index (κ3) is 4.38. The van der Waals surface area contributed by atoms with Gasteiger partial charge in [-0.25, -0.2) is 0 Å². The van der Waals surface area contributed by atoms with Gasteiger partial charge in [-0.05, 0) is 20.3 Å². The lowest BCUT2D eigenvalue weighted by Crippen LogP contribution is -2.36. The lowest BCUT2D eigenvalue weighted by Gasteiger charge is -2.26. The number of hydrogen-bond acceptors (Lipinski definition) is 2. The predicted octanol–water partition coefficient (Wildman–Crippen LogP) is 1.70. The van der Waals surface area contributed by atoms with E-state index in [0.29, 0.717) is 6.42 Å². The van der Waals surface area contributed by atoms with E-state index in [4.69, 9.17) is 5.11 Å². The number of hydrogen-bond donors (Lipinski definition) is 2. The highest BCUT2D eigenvalue weighted by Gasteiger charge is 2.25. The molecule has 2 nitrogen and oxygen atoms in total. The van der Waals surface area contributed by atoms with Gasteiger partial charge < -0.3 is 10.2 Å². The molecule has 0 fully saturated rings. The molecule has 0 spiro atoms. The minimum Gasteiger partial charge on any atom is -0.390 e. The topological polar surface area (TPSA) is 40.5 Å². The second-order valence-electron chi connectivity index (χ2n) is 3.49. The van der Waals surface area contributed by atoms with E-state index < -0.39 is 11.7 Å². The zero-order valence-corrected chi connectivity index (χ0v) is 7.80. The van der Waals surface area contributed by atoms with E-state index in [1.807, 2.05) is 0 Å². The van der Waals surface area contributed by atoms with Crippen LogP contribution in [0.3, 0.4) is 0 Å². The Morgan fingerprint density at radius 3 is 2.27 bits per heavy atom. The van der Waals surface area contributed by atoms with E-state index in [9.17, 15) is 5.11 Å². The van der Waals surface area contributed by atoms with Gasteiger partial charge >= 0.3 is 0 Å². The highest BCUT2D eigenvalue weighted by Crippen LogP contribution is 2.18. The molecule has 0 rings (SSSR count). The minimum absolute atomic E-state index is 0.626. The molecule has 0 radical (unpaired) electrons. The highest BCUT2D eigenvalue weighted by atomic mass is 16.3. The van der Waals surface area contributed by atoms with Crippen molar-refractivity contribution in [2.45, 2.75) is 58.2 Å². The Hall–Kier alpha value is -0.0800. The summed E-state index contributed by atoms with van der Waals surface area (Å²) in [6.45, 7) is 5.44. The number of unbranched alkanes of at least 4 members (excludes halogenated alkanes) is 2. The summed E-state index contributed by atoms with van der Waals surface area (Å²) in [5.41, 5.74) is -0.894. The molecule has 0 bridgehead atoms. The van der Waals surface area contributed by atoms with Crippen molar-refractivity contribution in [2.24, 2.45) is 0 Å². The molecule has 0 aliphatic rings. The molecular formula is C9H20O2. The quantitative estimate of drug-likeness (QED) is 0.601. The highest BCUT2D eigenvalue weighted by molar-refractivity contribution is 4.77. The summed E-state index contributed by atoms with van der Waals surface area (Å²) in [6, 6.07) is 0. The monoisotopic (exact) mass is 160 g/mol. The van der Waals surface area contributed by atoms with Crippen LogP contribution in [0.2, 0.25) is 0 Å². The van der Waals surface area contributed by atoms with Crippen LogP contribution in [0.5, 0.6) is 0 Å². The molecule has 2 N–H and O–H groups in total. The smallest absolute Gasteiger partial charge is 0.0874 e. The second-order valence-corrected chi connectivity index (χ2v) is 3.49. The number of aliphatic hydroxyl groups excluding tert-OH is 1. The molecule has 0 aromatic heterocycles. The summed E-state index contributed by atoms with van der Waals surface area (Å²) < 4.78 is 0. The van der Waals surface area contributed by atoms with Gasteiger partial charge in [0, 0.05) is 0 Å². The fourth-order valence-electron chi connectivity index (χ4n) is 0.942. The molecule has 0 amide bonds. The fourth-order valence-corrected chi connectivity index (χ4v) is 0.942. The van der Waals surface area contributed by atoms with E-state index in [1.54, 1.807) is 13.8 Å². The van der Waals surface area contributed by atoms with Gasteiger partial charge in [0.2, 0.25) is 0 Å². The Labute approximate surface area is 69.2 Å². The SMILES string of the molecule is CCCCCC(C)(O)C(C)O. The van der Waals surface area contributed by atoms with Crippen LogP contribution in [0.15, 0.2) is 0 Å². The zero-order chi connectivity index (χ0) is 8.91. The Bertz CT molecular complexity index is 97.7. The van der Waals surface area contributed by atoms with Crippen LogP contribution in [0, 0.1) is 0 Å². The van der Waals surface area contributed by atoms with Crippen molar-refractivity contribution in [1.29, 1.82) is 0 Å². The third-order valence-electron chi connectivity index (χ3n) is 2.19. The third-order valence-corrected chi connectivity index (χ3v) is 2.19. The summed E-state index contributed by atoms with van der Waals surface area (Å²) in [5, 5.41) is 18.7. The molecule has 0 aliphatic heterocycles. The van der Waals surface area contributed by atoms with E-state index in [-0.39, 0.29) is 0 Å². The van der Waals surface area contributed by atoms with Crippen molar-refractivity contribution < 1.29 is 10.2 Å². The first-order chi connectivity index (χ1) is 5.00. The fraction of sp³-hybridized carbons (Fsp3) is 1.00.